The van der Waals surface area contributed by atoms with Crippen molar-refractivity contribution in [3.63, 3.8) is 0 Å². The van der Waals surface area contributed by atoms with Crippen molar-refractivity contribution < 1.29 is 19.1 Å². The third-order valence-electron chi connectivity index (χ3n) is 3.47. The van der Waals surface area contributed by atoms with Crippen LogP contribution in [-0.4, -0.2) is 17.7 Å². The molecule has 0 saturated carbocycles. The molecule has 1 aliphatic heterocycles. The van der Waals surface area contributed by atoms with Crippen LogP contribution in [0.1, 0.15) is 33.5 Å². The summed E-state index contributed by atoms with van der Waals surface area (Å²) in [6.45, 7) is 2.90. The van der Waals surface area contributed by atoms with Gasteiger partial charge in [0.1, 0.15) is 18.1 Å². The largest absolute Gasteiger partial charge is 0.491 e. The third kappa shape index (κ3) is 2.28. The summed E-state index contributed by atoms with van der Waals surface area (Å²) in [4.78, 5) is 10.9. The summed E-state index contributed by atoms with van der Waals surface area (Å²) in [6, 6.07) is 9.59. The summed E-state index contributed by atoms with van der Waals surface area (Å²) in [6.07, 6.45) is 0. The molecule has 3 rings (SSSR count). The van der Waals surface area contributed by atoms with Crippen LogP contribution in [0, 0.1) is 6.92 Å². The predicted octanol–water partition coefficient (Wildman–Crippen LogP) is 2.51. The fourth-order valence-electron chi connectivity index (χ4n) is 2.37. The van der Waals surface area contributed by atoms with Crippen LogP contribution in [0.3, 0.4) is 0 Å². The van der Waals surface area contributed by atoms with E-state index in [4.69, 9.17) is 14.3 Å². The molecular formula is C15H15NO4. The lowest BCUT2D eigenvalue weighted by molar-refractivity contribution is 0.0661. The van der Waals surface area contributed by atoms with Gasteiger partial charge in [0, 0.05) is 17.7 Å². The van der Waals surface area contributed by atoms with Crippen LogP contribution >= 0.6 is 0 Å². The molecule has 0 saturated heterocycles. The van der Waals surface area contributed by atoms with Crippen molar-refractivity contribution in [2.45, 2.75) is 19.5 Å². The van der Waals surface area contributed by atoms with Gasteiger partial charge in [0.25, 0.3) is 0 Å². The zero-order chi connectivity index (χ0) is 14.1. The number of para-hydroxylation sites is 1. The first kappa shape index (κ1) is 12.7. The Labute approximate surface area is 116 Å². The van der Waals surface area contributed by atoms with Crippen LogP contribution in [0.4, 0.5) is 0 Å². The second-order valence-electron chi connectivity index (χ2n) is 4.78. The Balaban J connectivity index is 1.70. The summed E-state index contributed by atoms with van der Waals surface area (Å²) in [7, 11) is 0. The lowest BCUT2D eigenvalue weighted by Crippen LogP contribution is -2.22. The van der Waals surface area contributed by atoms with E-state index in [1.165, 1.54) is 0 Å². The highest BCUT2D eigenvalue weighted by molar-refractivity contribution is 5.84. The molecule has 2 heterocycles. The topological polar surface area (TPSA) is 71.7 Å². The maximum Gasteiger partial charge on any atom is 0.371 e. The first-order valence-electron chi connectivity index (χ1n) is 6.43. The van der Waals surface area contributed by atoms with Gasteiger partial charge in [-0.1, -0.05) is 18.2 Å². The van der Waals surface area contributed by atoms with Crippen molar-refractivity contribution in [2.75, 3.05) is 6.61 Å². The number of aromatic carboxylic acids is 1. The molecular weight excluding hydrogens is 258 g/mol. The highest BCUT2D eigenvalue weighted by Crippen LogP contribution is 2.32. The second-order valence-corrected chi connectivity index (χ2v) is 4.78. The normalized spacial score (nSPS) is 16.8. The van der Waals surface area contributed by atoms with Crippen molar-refractivity contribution in [3.05, 3.63) is 53.0 Å². The molecule has 0 bridgehead atoms. The number of carbonyl (C=O) groups is 1. The first-order chi connectivity index (χ1) is 9.65. The van der Waals surface area contributed by atoms with E-state index in [1.54, 1.807) is 13.0 Å². The molecule has 0 aliphatic carbocycles. The molecule has 1 unspecified atom stereocenters. The zero-order valence-electron chi connectivity index (χ0n) is 11.1. The maximum atomic E-state index is 10.9. The van der Waals surface area contributed by atoms with Crippen LogP contribution in [0.25, 0.3) is 0 Å². The van der Waals surface area contributed by atoms with Crippen molar-refractivity contribution in [2.24, 2.45) is 0 Å². The maximum absolute atomic E-state index is 10.9. The number of ether oxygens (including phenoxy) is 1. The Hall–Kier alpha value is -2.27. The van der Waals surface area contributed by atoms with Gasteiger partial charge < -0.3 is 19.6 Å². The van der Waals surface area contributed by atoms with E-state index >= 15 is 0 Å². The lowest BCUT2D eigenvalue weighted by atomic mass is 10.1. The van der Waals surface area contributed by atoms with E-state index in [2.05, 4.69) is 5.32 Å². The van der Waals surface area contributed by atoms with Crippen LogP contribution in [0.5, 0.6) is 5.75 Å². The number of hydrogen-bond acceptors (Lipinski definition) is 4. The van der Waals surface area contributed by atoms with Crippen LogP contribution in [0.2, 0.25) is 0 Å². The Morgan fingerprint density at radius 3 is 3.00 bits per heavy atom. The minimum atomic E-state index is -1.05. The summed E-state index contributed by atoms with van der Waals surface area (Å²) in [5.74, 6) is 0.457. The van der Waals surface area contributed by atoms with Crippen LogP contribution in [0.15, 0.2) is 34.7 Å². The molecule has 20 heavy (non-hydrogen) atoms. The SMILES string of the molecule is Cc1oc(C(=O)O)cc1CNC1COc2ccccc21. The molecule has 1 aromatic heterocycles. The highest BCUT2D eigenvalue weighted by atomic mass is 16.5. The predicted molar refractivity (Wildman–Crippen MR) is 71.9 cm³/mol. The fourth-order valence-corrected chi connectivity index (χ4v) is 2.37. The van der Waals surface area contributed by atoms with Gasteiger partial charge in [-0.2, -0.15) is 0 Å². The monoisotopic (exact) mass is 273 g/mol. The van der Waals surface area contributed by atoms with Gasteiger partial charge in [-0.25, -0.2) is 4.79 Å². The Kier molecular flexibility index (Phi) is 3.20. The lowest BCUT2D eigenvalue weighted by Gasteiger charge is -2.10. The molecule has 1 aromatic carbocycles. The van der Waals surface area contributed by atoms with E-state index in [9.17, 15) is 4.79 Å². The molecule has 1 atom stereocenters. The number of aryl methyl sites for hydroxylation is 1. The molecule has 5 nitrogen and oxygen atoms in total. The van der Waals surface area contributed by atoms with Gasteiger partial charge in [-0.3, -0.25) is 0 Å². The van der Waals surface area contributed by atoms with Crippen LogP contribution < -0.4 is 10.1 Å². The molecule has 104 valence electrons. The summed E-state index contributed by atoms with van der Waals surface area (Å²) < 4.78 is 10.8. The third-order valence-corrected chi connectivity index (χ3v) is 3.47. The summed E-state index contributed by atoms with van der Waals surface area (Å²) >= 11 is 0. The van der Waals surface area contributed by atoms with E-state index in [0.29, 0.717) is 18.9 Å². The Bertz CT molecular complexity index is 647. The molecule has 0 amide bonds. The number of carboxylic acid groups (broad SMARTS) is 1. The molecule has 2 aromatic rings. The average molecular weight is 273 g/mol. The van der Waals surface area contributed by atoms with E-state index < -0.39 is 5.97 Å². The minimum Gasteiger partial charge on any atom is -0.491 e. The number of furan rings is 1. The summed E-state index contributed by atoms with van der Waals surface area (Å²) in [5, 5.41) is 12.3. The molecule has 2 N–H and O–H groups in total. The summed E-state index contributed by atoms with van der Waals surface area (Å²) in [5.41, 5.74) is 1.99. The second kappa shape index (κ2) is 5.02. The highest BCUT2D eigenvalue weighted by Gasteiger charge is 2.23. The quantitative estimate of drug-likeness (QED) is 0.895. The first-order valence-corrected chi connectivity index (χ1v) is 6.43. The molecule has 1 aliphatic rings. The Morgan fingerprint density at radius 2 is 2.25 bits per heavy atom. The van der Waals surface area contributed by atoms with Crippen molar-refractivity contribution in [3.8, 4) is 5.75 Å². The van der Waals surface area contributed by atoms with Crippen molar-refractivity contribution in [1.29, 1.82) is 0 Å². The molecule has 0 fully saturated rings. The molecule has 0 spiro atoms. The van der Waals surface area contributed by atoms with E-state index in [-0.39, 0.29) is 11.8 Å². The number of carboxylic acids is 1. The Morgan fingerprint density at radius 1 is 1.45 bits per heavy atom. The van der Waals surface area contributed by atoms with E-state index in [1.807, 2.05) is 24.3 Å². The standard InChI is InChI=1S/C15H15NO4/c1-9-10(6-14(20-9)15(17)18)7-16-12-8-19-13-5-3-2-4-11(12)13/h2-6,12,16H,7-8H2,1H3,(H,17,18). The number of hydrogen-bond donors (Lipinski definition) is 2. The zero-order valence-corrected chi connectivity index (χ0v) is 11.1. The number of nitrogens with one attached hydrogen (secondary N) is 1. The minimum absolute atomic E-state index is 0.0256. The number of rotatable bonds is 4. The van der Waals surface area contributed by atoms with Crippen molar-refractivity contribution >= 4 is 5.97 Å². The smallest absolute Gasteiger partial charge is 0.371 e. The van der Waals surface area contributed by atoms with E-state index in [0.717, 1.165) is 16.9 Å². The van der Waals surface area contributed by atoms with Crippen LogP contribution in [-0.2, 0) is 6.54 Å². The van der Waals surface area contributed by atoms with Gasteiger partial charge in [0.05, 0.1) is 6.04 Å². The number of benzene rings is 1. The number of fused-ring (bicyclic) bond motifs is 1. The van der Waals surface area contributed by atoms with Gasteiger partial charge in [0.15, 0.2) is 0 Å². The fraction of sp³-hybridized carbons (Fsp3) is 0.267. The van der Waals surface area contributed by atoms with Gasteiger partial charge >= 0.3 is 5.97 Å². The van der Waals surface area contributed by atoms with Crippen molar-refractivity contribution in [1.82, 2.24) is 5.32 Å². The molecule has 5 heteroatoms. The molecule has 0 radical (unpaired) electrons. The van der Waals surface area contributed by atoms with Gasteiger partial charge in [0.2, 0.25) is 5.76 Å². The van der Waals surface area contributed by atoms with Gasteiger partial charge in [-0.15, -0.1) is 0 Å². The van der Waals surface area contributed by atoms with Gasteiger partial charge in [-0.05, 0) is 19.1 Å². The average Bonchev–Trinajstić information content (AvgIpc) is 3.00.